The molecule has 2 atom stereocenters. The first kappa shape index (κ1) is 11.3. The van der Waals surface area contributed by atoms with Crippen molar-refractivity contribution in [1.29, 1.82) is 0 Å². The maximum absolute atomic E-state index is 12.9. The topological polar surface area (TPSA) is 37.0 Å². The molecule has 1 saturated heterocycles. The zero-order valence-corrected chi connectivity index (χ0v) is 9.81. The lowest BCUT2D eigenvalue weighted by molar-refractivity contribution is 0.553. The molecule has 0 spiro atoms. The fraction of sp³-hybridized carbons (Fsp3) is 0.214. The van der Waals surface area contributed by atoms with Crippen LogP contribution in [0.3, 0.4) is 0 Å². The highest BCUT2D eigenvalue weighted by molar-refractivity contribution is 5.23. The number of hydrogen-bond acceptors (Lipinski definition) is 3. The summed E-state index contributed by atoms with van der Waals surface area (Å²) in [5.41, 5.74) is 8.82. The van der Waals surface area contributed by atoms with E-state index in [0.29, 0.717) is 0 Å². The summed E-state index contributed by atoms with van der Waals surface area (Å²) < 4.78 is 12.9. The van der Waals surface area contributed by atoms with Crippen molar-refractivity contribution in [2.75, 3.05) is 0 Å². The molecule has 3 rings (SSSR count). The van der Waals surface area contributed by atoms with Crippen molar-refractivity contribution in [3.8, 4) is 0 Å². The number of hydrazine groups is 1. The standard InChI is InChI=1S/C14H14FN3/c15-12-3-1-10(2-4-12)13-9-14(18-17-13)11-5-7-16-8-6-11/h1-8,13-14,17-18H,9H2. The van der Waals surface area contributed by atoms with E-state index in [1.807, 2.05) is 24.3 Å². The summed E-state index contributed by atoms with van der Waals surface area (Å²) >= 11 is 0. The molecule has 2 N–H and O–H groups in total. The molecule has 18 heavy (non-hydrogen) atoms. The molecule has 1 aromatic heterocycles. The Balaban J connectivity index is 1.74. The quantitative estimate of drug-likeness (QED) is 0.851. The van der Waals surface area contributed by atoms with Gasteiger partial charge in [0.05, 0.1) is 0 Å². The lowest BCUT2D eigenvalue weighted by Crippen LogP contribution is -2.26. The SMILES string of the molecule is Fc1ccc(C2CC(c3ccncc3)NN2)cc1. The van der Waals surface area contributed by atoms with Gasteiger partial charge < -0.3 is 0 Å². The number of halogens is 1. The highest BCUT2D eigenvalue weighted by Gasteiger charge is 2.25. The molecule has 1 aliphatic heterocycles. The minimum atomic E-state index is -0.199. The molecule has 0 aliphatic carbocycles. The summed E-state index contributed by atoms with van der Waals surface area (Å²) in [5.74, 6) is -0.199. The zero-order chi connectivity index (χ0) is 12.4. The summed E-state index contributed by atoms with van der Waals surface area (Å²) in [4.78, 5) is 4.01. The summed E-state index contributed by atoms with van der Waals surface area (Å²) in [6, 6.07) is 11.1. The zero-order valence-electron chi connectivity index (χ0n) is 9.81. The van der Waals surface area contributed by atoms with Gasteiger partial charge in [0.1, 0.15) is 5.82 Å². The predicted molar refractivity (Wildman–Crippen MR) is 67.0 cm³/mol. The Morgan fingerprint density at radius 3 is 2.06 bits per heavy atom. The normalized spacial score (nSPS) is 23.2. The van der Waals surface area contributed by atoms with Crippen molar-refractivity contribution < 1.29 is 4.39 Å². The van der Waals surface area contributed by atoms with Gasteiger partial charge in [-0.05, 0) is 41.8 Å². The van der Waals surface area contributed by atoms with Gasteiger partial charge in [-0.1, -0.05) is 12.1 Å². The average Bonchev–Trinajstić information content (AvgIpc) is 2.90. The van der Waals surface area contributed by atoms with Crippen LogP contribution >= 0.6 is 0 Å². The third kappa shape index (κ3) is 2.25. The van der Waals surface area contributed by atoms with Crippen molar-refractivity contribution in [2.24, 2.45) is 0 Å². The highest BCUT2D eigenvalue weighted by atomic mass is 19.1. The van der Waals surface area contributed by atoms with Crippen LogP contribution in [0.4, 0.5) is 4.39 Å². The fourth-order valence-corrected chi connectivity index (χ4v) is 2.28. The Kier molecular flexibility index (Phi) is 3.04. The Morgan fingerprint density at radius 2 is 1.44 bits per heavy atom. The first-order valence-electron chi connectivity index (χ1n) is 5.99. The van der Waals surface area contributed by atoms with Crippen molar-refractivity contribution >= 4 is 0 Å². The van der Waals surface area contributed by atoms with Crippen LogP contribution < -0.4 is 10.9 Å². The third-order valence-corrected chi connectivity index (χ3v) is 3.28. The highest BCUT2D eigenvalue weighted by Crippen LogP contribution is 2.30. The van der Waals surface area contributed by atoms with E-state index in [-0.39, 0.29) is 17.9 Å². The molecular formula is C14H14FN3. The average molecular weight is 243 g/mol. The second-order valence-corrected chi connectivity index (χ2v) is 4.46. The van der Waals surface area contributed by atoms with Crippen molar-refractivity contribution in [3.63, 3.8) is 0 Å². The third-order valence-electron chi connectivity index (χ3n) is 3.28. The van der Waals surface area contributed by atoms with Gasteiger partial charge in [-0.25, -0.2) is 15.2 Å². The number of nitrogens with one attached hydrogen (secondary N) is 2. The second kappa shape index (κ2) is 4.84. The number of pyridine rings is 1. The molecule has 0 radical (unpaired) electrons. The summed E-state index contributed by atoms with van der Waals surface area (Å²) in [6.45, 7) is 0. The van der Waals surface area contributed by atoms with Crippen LogP contribution in [-0.4, -0.2) is 4.98 Å². The molecule has 92 valence electrons. The van der Waals surface area contributed by atoms with Gasteiger partial charge in [-0.3, -0.25) is 4.98 Å². The van der Waals surface area contributed by atoms with Gasteiger partial charge in [0.25, 0.3) is 0 Å². The minimum Gasteiger partial charge on any atom is -0.265 e. The van der Waals surface area contributed by atoms with Crippen molar-refractivity contribution in [3.05, 3.63) is 65.7 Å². The van der Waals surface area contributed by atoms with Gasteiger partial charge >= 0.3 is 0 Å². The second-order valence-electron chi connectivity index (χ2n) is 4.46. The van der Waals surface area contributed by atoms with E-state index in [1.165, 1.54) is 17.7 Å². The Morgan fingerprint density at radius 1 is 0.889 bits per heavy atom. The number of rotatable bonds is 2. The molecule has 2 unspecified atom stereocenters. The van der Waals surface area contributed by atoms with E-state index < -0.39 is 0 Å². The molecule has 2 heterocycles. The van der Waals surface area contributed by atoms with E-state index in [9.17, 15) is 4.39 Å². The van der Waals surface area contributed by atoms with E-state index >= 15 is 0 Å². The van der Waals surface area contributed by atoms with Crippen LogP contribution in [0.15, 0.2) is 48.8 Å². The van der Waals surface area contributed by atoms with Gasteiger partial charge in [-0.15, -0.1) is 0 Å². The summed E-state index contributed by atoms with van der Waals surface area (Å²) in [7, 11) is 0. The predicted octanol–water partition coefficient (Wildman–Crippen LogP) is 2.50. The monoisotopic (exact) mass is 243 g/mol. The van der Waals surface area contributed by atoms with Gasteiger partial charge in [-0.2, -0.15) is 0 Å². The molecule has 1 fully saturated rings. The fourth-order valence-electron chi connectivity index (χ4n) is 2.28. The largest absolute Gasteiger partial charge is 0.265 e. The van der Waals surface area contributed by atoms with Gasteiger partial charge in [0, 0.05) is 24.5 Å². The lowest BCUT2D eigenvalue weighted by Gasteiger charge is -2.09. The molecule has 0 amide bonds. The number of nitrogens with zero attached hydrogens (tertiary/aromatic N) is 1. The minimum absolute atomic E-state index is 0.199. The summed E-state index contributed by atoms with van der Waals surface area (Å²) in [6.07, 6.45) is 4.53. The molecular weight excluding hydrogens is 229 g/mol. The molecule has 0 saturated carbocycles. The van der Waals surface area contributed by atoms with Crippen LogP contribution in [0.1, 0.15) is 29.6 Å². The van der Waals surface area contributed by atoms with Crippen LogP contribution in [-0.2, 0) is 0 Å². The Hall–Kier alpha value is -1.78. The van der Waals surface area contributed by atoms with E-state index in [0.717, 1.165) is 12.0 Å². The molecule has 2 aromatic rings. The van der Waals surface area contributed by atoms with Crippen LogP contribution in [0.2, 0.25) is 0 Å². The van der Waals surface area contributed by atoms with Crippen LogP contribution in [0.5, 0.6) is 0 Å². The first-order chi connectivity index (χ1) is 8.83. The first-order valence-corrected chi connectivity index (χ1v) is 5.99. The van der Waals surface area contributed by atoms with E-state index in [1.54, 1.807) is 12.4 Å². The molecule has 1 aromatic carbocycles. The van der Waals surface area contributed by atoms with Crippen LogP contribution in [0.25, 0.3) is 0 Å². The summed E-state index contributed by atoms with van der Waals surface area (Å²) in [5, 5.41) is 0. The Labute approximate surface area is 105 Å². The van der Waals surface area contributed by atoms with E-state index in [2.05, 4.69) is 15.8 Å². The van der Waals surface area contributed by atoms with E-state index in [4.69, 9.17) is 0 Å². The molecule has 4 heteroatoms. The number of benzene rings is 1. The van der Waals surface area contributed by atoms with Gasteiger partial charge in [0.2, 0.25) is 0 Å². The van der Waals surface area contributed by atoms with Gasteiger partial charge in [0.15, 0.2) is 0 Å². The van der Waals surface area contributed by atoms with Crippen LogP contribution in [0, 0.1) is 5.82 Å². The number of hydrogen-bond donors (Lipinski definition) is 2. The lowest BCUT2D eigenvalue weighted by atomic mass is 9.98. The smallest absolute Gasteiger partial charge is 0.123 e. The molecule has 0 bridgehead atoms. The molecule has 3 nitrogen and oxygen atoms in total. The maximum atomic E-state index is 12.9. The number of aromatic nitrogens is 1. The Bertz CT molecular complexity index is 512. The maximum Gasteiger partial charge on any atom is 0.123 e. The molecule has 1 aliphatic rings. The van der Waals surface area contributed by atoms with Crippen molar-refractivity contribution in [1.82, 2.24) is 15.8 Å². The van der Waals surface area contributed by atoms with Crippen molar-refractivity contribution in [2.45, 2.75) is 18.5 Å².